The molecule has 0 atom stereocenters. The molecule has 0 aliphatic heterocycles. The average molecular weight is 487 g/mol. The summed E-state index contributed by atoms with van der Waals surface area (Å²) in [5, 5.41) is 5.29. The normalized spacial score (nSPS) is 12.0. The Bertz CT molecular complexity index is 1260. The largest absolute Gasteiger partial charge is 0.469 e. The third-order valence-electron chi connectivity index (χ3n) is 5.07. The molecule has 1 heterocycles. The summed E-state index contributed by atoms with van der Waals surface area (Å²) in [6.45, 7) is 4.56. The van der Waals surface area contributed by atoms with Gasteiger partial charge in [-0.1, -0.05) is 49.3 Å². The molecule has 2 aromatic carbocycles. The monoisotopic (exact) mass is 486 g/mol. The van der Waals surface area contributed by atoms with Crippen molar-refractivity contribution in [3.05, 3.63) is 65.9 Å². The maximum absolute atomic E-state index is 12.1. The quantitative estimate of drug-likeness (QED) is 0.124. The Morgan fingerprint density at radius 1 is 1.06 bits per heavy atom. The number of benzene rings is 2. The second-order valence-corrected chi connectivity index (χ2v) is 9.49. The predicted molar refractivity (Wildman–Crippen MR) is 132 cm³/mol. The highest BCUT2D eigenvalue weighted by Gasteiger charge is 2.16. The molecule has 0 aliphatic rings. The van der Waals surface area contributed by atoms with Crippen LogP contribution >= 0.6 is 0 Å². The fourth-order valence-electron chi connectivity index (χ4n) is 3.54. The summed E-state index contributed by atoms with van der Waals surface area (Å²) in [7, 11) is -2.30. The van der Waals surface area contributed by atoms with E-state index in [9.17, 15) is 13.2 Å². The lowest BCUT2D eigenvalue weighted by Crippen LogP contribution is -2.15. The molecule has 1 aromatic heterocycles. The smallest absolute Gasteiger partial charge is 0.310 e. The Morgan fingerprint density at radius 3 is 2.59 bits per heavy atom. The number of methoxy groups -OCH3 is 1. The number of nitrogens with zero attached hydrogens (tertiary/aromatic N) is 2. The number of fused-ring (bicyclic) bond motifs is 1. The van der Waals surface area contributed by atoms with E-state index in [-0.39, 0.29) is 23.9 Å². The maximum Gasteiger partial charge on any atom is 0.310 e. The summed E-state index contributed by atoms with van der Waals surface area (Å²) in [6.07, 6.45) is 3.32. The number of carbonyl (C=O) groups is 1. The number of hydrogen-bond acceptors (Lipinski definition) is 7. The molecule has 0 fully saturated rings. The highest BCUT2D eigenvalue weighted by molar-refractivity contribution is 7.87. The third kappa shape index (κ3) is 6.60. The third-order valence-corrected chi connectivity index (χ3v) is 6.42. The van der Waals surface area contributed by atoms with Crippen molar-refractivity contribution in [1.82, 2.24) is 4.57 Å². The number of para-hydroxylation sites is 1. The van der Waals surface area contributed by atoms with Gasteiger partial charge in [0.15, 0.2) is 0 Å². The van der Waals surface area contributed by atoms with Crippen LogP contribution < -0.4 is 4.18 Å². The number of ether oxygens (including phenoxy) is 1. The Morgan fingerprint density at radius 2 is 1.85 bits per heavy atom. The Kier molecular flexibility index (Phi) is 8.70. The lowest BCUT2D eigenvalue weighted by molar-refractivity contribution is -0.139. The van der Waals surface area contributed by atoms with Crippen LogP contribution in [0.15, 0.2) is 59.9 Å². The van der Waals surface area contributed by atoms with Crippen LogP contribution in [0.2, 0.25) is 0 Å². The van der Waals surface area contributed by atoms with Crippen molar-refractivity contribution in [2.45, 2.75) is 39.7 Å². The fraction of sp³-hybridized carbons (Fsp3) is 0.360. The topological polar surface area (TPSA) is 96.2 Å². The number of esters is 1. The van der Waals surface area contributed by atoms with Gasteiger partial charge in [-0.25, -0.2) is 0 Å². The van der Waals surface area contributed by atoms with E-state index < -0.39 is 10.1 Å². The minimum absolute atomic E-state index is 0.0594. The van der Waals surface area contributed by atoms with Gasteiger partial charge in [-0.2, -0.15) is 8.42 Å². The molecule has 182 valence electrons. The van der Waals surface area contributed by atoms with E-state index in [2.05, 4.69) is 5.16 Å². The Balaban J connectivity index is 1.97. The van der Waals surface area contributed by atoms with E-state index >= 15 is 0 Å². The molecule has 34 heavy (non-hydrogen) atoms. The zero-order valence-electron chi connectivity index (χ0n) is 19.7. The highest BCUT2D eigenvalue weighted by Crippen LogP contribution is 2.24. The minimum atomic E-state index is -3.67. The number of oxime groups is 1. The van der Waals surface area contributed by atoms with Gasteiger partial charge in [0, 0.05) is 22.7 Å². The molecule has 3 aromatic rings. The summed E-state index contributed by atoms with van der Waals surface area (Å²) < 4.78 is 36.3. The second kappa shape index (κ2) is 11.7. The standard InChI is InChI=1S/C25H30N2O6S/c1-4-13-32-26-23(19-9-8-10-21(15-19)33-34(29,30)14-5-2)18-27-17-20(16-25(28)31-3)22-11-6-7-12-24(22)27/h6-12,15,17H,4-5,13-14,16,18H2,1-3H3/b26-23+. The molecule has 0 saturated heterocycles. The molecule has 3 rings (SSSR count). The van der Waals surface area contributed by atoms with Crippen LogP contribution in [-0.4, -0.2) is 44.1 Å². The molecule has 9 heteroatoms. The minimum Gasteiger partial charge on any atom is -0.469 e. The zero-order chi connectivity index (χ0) is 24.6. The van der Waals surface area contributed by atoms with E-state index in [1.807, 2.05) is 48.0 Å². The maximum atomic E-state index is 12.1. The zero-order valence-corrected chi connectivity index (χ0v) is 20.5. The van der Waals surface area contributed by atoms with Crippen LogP contribution in [-0.2, 0) is 37.5 Å². The first-order valence-electron chi connectivity index (χ1n) is 11.2. The number of carbonyl (C=O) groups excluding carboxylic acids is 1. The molecule has 0 unspecified atom stereocenters. The fourth-order valence-corrected chi connectivity index (χ4v) is 4.52. The predicted octanol–water partition coefficient (Wildman–Crippen LogP) is 4.31. The summed E-state index contributed by atoms with van der Waals surface area (Å²) in [5.41, 5.74) is 3.05. The first-order valence-corrected chi connectivity index (χ1v) is 12.8. The van der Waals surface area contributed by atoms with E-state index in [1.165, 1.54) is 7.11 Å². The van der Waals surface area contributed by atoms with Crippen LogP contribution in [0.25, 0.3) is 10.9 Å². The first-order chi connectivity index (χ1) is 16.4. The van der Waals surface area contributed by atoms with Crippen LogP contribution in [0.5, 0.6) is 5.75 Å². The number of hydrogen-bond donors (Lipinski definition) is 0. The summed E-state index contributed by atoms with van der Waals surface area (Å²) in [5.74, 6) is -0.157. The molecule has 0 spiro atoms. The Hall–Kier alpha value is -3.33. The lowest BCUT2D eigenvalue weighted by Gasteiger charge is -2.12. The molecule has 0 N–H and O–H groups in total. The molecule has 8 nitrogen and oxygen atoms in total. The Labute approximate surface area is 200 Å². The molecule has 0 radical (unpaired) electrons. The molecular weight excluding hydrogens is 456 g/mol. The molecule has 0 saturated carbocycles. The lowest BCUT2D eigenvalue weighted by atomic mass is 10.1. The molecule has 0 amide bonds. The number of aromatic nitrogens is 1. The summed E-state index contributed by atoms with van der Waals surface area (Å²) in [4.78, 5) is 17.4. The van der Waals surface area contributed by atoms with Gasteiger partial charge in [0.25, 0.3) is 0 Å². The first kappa shape index (κ1) is 25.3. The average Bonchev–Trinajstić information content (AvgIpc) is 3.15. The molecule has 0 bridgehead atoms. The van der Waals surface area contributed by atoms with E-state index in [1.54, 1.807) is 25.1 Å². The number of rotatable bonds is 12. The van der Waals surface area contributed by atoms with Crippen LogP contribution in [0, 0.1) is 0 Å². The van der Waals surface area contributed by atoms with Gasteiger partial charge < -0.3 is 18.3 Å². The van der Waals surface area contributed by atoms with Crippen molar-refractivity contribution in [3.63, 3.8) is 0 Å². The highest BCUT2D eigenvalue weighted by atomic mass is 32.2. The van der Waals surface area contributed by atoms with Gasteiger partial charge in [-0.05, 0) is 36.6 Å². The van der Waals surface area contributed by atoms with Crippen molar-refractivity contribution >= 4 is 32.7 Å². The van der Waals surface area contributed by atoms with Crippen molar-refractivity contribution in [1.29, 1.82) is 0 Å². The van der Waals surface area contributed by atoms with E-state index in [4.69, 9.17) is 13.8 Å². The van der Waals surface area contributed by atoms with Crippen molar-refractivity contribution in [2.24, 2.45) is 5.16 Å². The van der Waals surface area contributed by atoms with E-state index in [0.717, 1.165) is 22.9 Å². The second-order valence-electron chi connectivity index (χ2n) is 7.80. The van der Waals surface area contributed by atoms with Gasteiger partial charge in [0.1, 0.15) is 18.1 Å². The van der Waals surface area contributed by atoms with Gasteiger partial charge >= 0.3 is 16.1 Å². The van der Waals surface area contributed by atoms with Gasteiger partial charge in [-0.3, -0.25) is 4.79 Å². The molecular formula is C25H30N2O6S. The van der Waals surface area contributed by atoms with Crippen LogP contribution in [0.4, 0.5) is 0 Å². The van der Waals surface area contributed by atoms with Crippen LogP contribution in [0.3, 0.4) is 0 Å². The van der Waals surface area contributed by atoms with Crippen molar-refractivity contribution < 1.29 is 27.0 Å². The van der Waals surface area contributed by atoms with Crippen LogP contribution in [0.1, 0.15) is 37.8 Å². The van der Waals surface area contributed by atoms with Crippen molar-refractivity contribution in [3.8, 4) is 5.75 Å². The van der Waals surface area contributed by atoms with Crippen molar-refractivity contribution in [2.75, 3.05) is 19.5 Å². The summed E-state index contributed by atoms with van der Waals surface area (Å²) >= 11 is 0. The SMILES string of the molecule is CCCO/N=C(\Cn1cc(CC(=O)OC)c2ccccc21)c1cccc(OS(=O)(=O)CCC)c1. The van der Waals surface area contributed by atoms with Gasteiger partial charge in [-0.15, -0.1) is 0 Å². The van der Waals surface area contributed by atoms with Gasteiger partial charge in [0.05, 0.1) is 25.8 Å². The van der Waals surface area contributed by atoms with Gasteiger partial charge in [0.2, 0.25) is 0 Å². The molecule has 0 aliphatic carbocycles. The summed E-state index contributed by atoms with van der Waals surface area (Å²) in [6, 6.07) is 14.6. The van der Waals surface area contributed by atoms with E-state index in [0.29, 0.717) is 30.8 Å².